The molecule has 28 heavy (non-hydrogen) atoms. The van der Waals surface area contributed by atoms with E-state index in [1.54, 1.807) is 42.5 Å². The number of aryl methyl sites for hydroxylation is 1. The Morgan fingerprint density at radius 1 is 1.14 bits per heavy atom. The summed E-state index contributed by atoms with van der Waals surface area (Å²) in [6.07, 6.45) is 4.54. The van der Waals surface area contributed by atoms with Gasteiger partial charge in [-0.05, 0) is 43.7 Å². The van der Waals surface area contributed by atoms with E-state index in [1.807, 2.05) is 18.4 Å². The second-order valence-corrected chi connectivity index (χ2v) is 6.16. The van der Waals surface area contributed by atoms with Gasteiger partial charge in [0.15, 0.2) is 6.61 Å². The van der Waals surface area contributed by atoms with Gasteiger partial charge in [-0.3, -0.25) is 4.79 Å². The van der Waals surface area contributed by atoms with Crippen LogP contribution in [0.2, 0.25) is 0 Å². The highest BCUT2D eigenvalue weighted by molar-refractivity contribution is 6.00. The van der Waals surface area contributed by atoms with E-state index in [0.29, 0.717) is 23.2 Å². The number of ketones is 1. The molecule has 0 radical (unpaired) electrons. The van der Waals surface area contributed by atoms with E-state index in [2.05, 4.69) is 11.3 Å². The Hall–Kier alpha value is -3.41. The Balaban J connectivity index is 1.94. The molecule has 0 fully saturated rings. The van der Waals surface area contributed by atoms with Crippen molar-refractivity contribution in [1.29, 1.82) is 0 Å². The number of nitrogens with zero attached hydrogens (tertiary/aromatic N) is 1. The summed E-state index contributed by atoms with van der Waals surface area (Å²) in [7, 11) is 1.31. The third kappa shape index (κ3) is 5.07. The smallest absolute Gasteiger partial charge is 0.337 e. The van der Waals surface area contributed by atoms with Gasteiger partial charge in [-0.15, -0.1) is 6.58 Å². The van der Waals surface area contributed by atoms with Crippen LogP contribution in [0.1, 0.15) is 37.7 Å². The summed E-state index contributed by atoms with van der Waals surface area (Å²) in [4.78, 5) is 35.6. The molecule has 1 aromatic heterocycles. The molecule has 0 amide bonds. The van der Waals surface area contributed by atoms with Crippen molar-refractivity contribution in [2.75, 3.05) is 13.7 Å². The monoisotopic (exact) mass is 381 g/mol. The highest BCUT2D eigenvalue weighted by Gasteiger charge is 2.16. The summed E-state index contributed by atoms with van der Waals surface area (Å²) in [6, 6.07) is 8.33. The van der Waals surface area contributed by atoms with Crippen molar-refractivity contribution in [2.45, 2.75) is 20.4 Å². The third-order valence-electron chi connectivity index (χ3n) is 4.27. The van der Waals surface area contributed by atoms with E-state index in [4.69, 9.17) is 4.74 Å². The van der Waals surface area contributed by atoms with E-state index in [9.17, 15) is 14.4 Å². The highest BCUT2D eigenvalue weighted by atomic mass is 16.5. The minimum atomic E-state index is -0.620. The van der Waals surface area contributed by atoms with Crippen LogP contribution >= 0.6 is 0 Å². The minimum Gasteiger partial charge on any atom is -0.465 e. The van der Waals surface area contributed by atoms with Crippen molar-refractivity contribution >= 4 is 23.8 Å². The van der Waals surface area contributed by atoms with E-state index in [1.165, 1.54) is 13.2 Å². The van der Waals surface area contributed by atoms with E-state index >= 15 is 0 Å². The predicted octanol–water partition coefficient (Wildman–Crippen LogP) is 3.52. The average Bonchev–Trinajstić information content (AvgIpc) is 2.99. The van der Waals surface area contributed by atoms with Gasteiger partial charge in [-0.1, -0.05) is 18.2 Å². The van der Waals surface area contributed by atoms with Crippen molar-refractivity contribution < 1.29 is 23.9 Å². The number of aromatic nitrogens is 1. The largest absolute Gasteiger partial charge is 0.465 e. The number of rotatable bonds is 8. The lowest BCUT2D eigenvalue weighted by Gasteiger charge is -2.06. The van der Waals surface area contributed by atoms with Gasteiger partial charge >= 0.3 is 11.9 Å². The maximum absolute atomic E-state index is 12.4. The first kappa shape index (κ1) is 20.9. The predicted molar refractivity (Wildman–Crippen MR) is 106 cm³/mol. The Kier molecular flexibility index (Phi) is 7.09. The van der Waals surface area contributed by atoms with E-state index < -0.39 is 11.9 Å². The first-order valence-corrected chi connectivity index (χ1v) is 8.71. The van der Waals surface area contributed by atoms with Crippen LogP contribution in [-0.2, 0) is 20.8 Å². The van der Waals surface area contributed by atoms with Crippen molar-refractivity contribution in [1.82, 2.24) is 4.57 Å². The van der Waals surface area contributed by atoms with Crippen molar-refractivity contribution in [3.63, 3.8) is 0 Å². The van der Waals surface area contributed by atoms with Gasteiger partial charge in [-0.2, -0.15) is 0 Å². The average molecular weight is 381 g/mol. The van der Waals surface area contributed by atoms with E-state index in [0.717, 1.165) is 11.4 Å². The molecule has 0 aliphatic carbocycles. The Morgan fingerprint density at radius 3 is 2.43 bits per heavy atom. The summed E-state index contributed by atoms with van der Waals surface area (Å²) in [5.41, 5.74) is 3.43. The number of hydrogen-bond acceptors (Lipinski definition) is 5. The van der Waals surface area contributed by atoms with Gasteiger partial charge in [0.25, 0.3) is 0 Å². The quantitative estimate of drug-likeness (QED) is 0.303. The van der Waals surface area contributed by atoms with Crippen molar-refractivity contribution in [3.05, 3.63) is 77.1 Å². The molecule has 0 atom stereocenters. The summed E-state index contributed by atoms with van der Waals surface area (Å²) < 4.78 is 11.6. The molecule has 0 aliphatic heterocycles. The van der Waals surface area contributed by atoms with Crippen molar-refractivity contribution in [3.8, 4) is 0 Å². The number of ether oxygens (including phenoxy) is 2. The maximum atomic E-state index is 12.4. The fourth-order valence-corrected chi connectivity index (χ4v) is 2.77. The second kappa shape index (κ2) is 9.50. The van der Waals surface area contributed by atoms with Crippen LogP contribution in [0.15, 0.2) is 49.1 Å². The highest BCUT2D eigenvalue weighted by Crippen LogP contribution is 2.16. The van der Waals surface area contributed by atoms with Gasteiger partial charge in [0.05, 0.1) is 12.7 Å². The fourth-order valence-electron chi connectivity index (χ4n) is 2.77. The molecule has 0 aliphatic rings. The molecule has 0 bridgehead atoms. The normalized spacial score (nSPS) is 10.7. The number of carbonyl (C=O) groups excluding carboxylic acids is 3. The first-order valence-electron chi connectivity index (χ1n) is 8.71. The third-order valence-corrected chi connectivity index (χ3v) is 4.27. The van der Waals surface area contributed by atoms with Crippen LogP contribution in [-0.4, -0.2) is 36.0 Å². The molecule has 6 nitrogen and oxygen atoms in total. The molecule has 6 heteroatoms. The molecule has 146 valence electrons. The number of esters is 2. The van der Waals surface area contributed by atoms with E-state index in [-0.39, 0.29) is 12.4 Å². The molecule has 0 unspecified atom stereocenters. The fraction of sp³-hybridized carbons (Fsp3) is 0.227. The van der Waals surface area contributed by atoms with Gasteiger partial charge in [-0.25, -0.2) is 9.59 Å². The minimum absolute atomic E-state index is 0.257. The summed E-state index contributed by atoms with van der Waals surface area (Å²) >= 11 is 0. The SMILES string of the molecule is C=CCn1c(C)cc(C(=O)COC(=O)C=Cc2ccc(C(=O)OC)cc2)c1C. The molecule has 0 spiro atoms. The first-order chi connectivity index (χ1) is 13.4. The zero-order valence-corrected chi connectivity index (χ0v) is 16.2. The lowest BCUT2D eigenvalue weighted by molar-refractivity contribution is -0.136. The molecular weight excluding hydrogens is 358 g/mol. The topological polar surface area (TPSA) is 74.6 Å². The lowest BCUT2D eigenvalue weighted by atomic mass is 10.1. The van der Waals surface area contributed by atoms with Crippen LogP contribution in [0, 0.1) is 13.8 Å². The second-order valence-electron chi connectivity index (χ2n) is 6.16. The standard InChI is InChI=1S/C22H23NO5/c1-5-12-23-15(2)13-19(16(23)3)20(24)14-28-21(25)11-8-17-6-9-18(10-7-17)22(26)27-4/h5-11,13H,1,12,14H2,2-4H3. The lowest BCUT2D eigenvalue weighted by Crippen LogP contribution is -2.13. The summed E-state index contributed by atoms with van der Waals surface area (Å²) in [6.45, 7) is 7.75. The number of Topliss-reactive ketones (excluding diaryl/α,β-unsaturated/α-hetero) is 1. The zero-order valence-electron chi connectivity index (χ0n) is 16.2. The Labute approximate surface area is 164 Å². The molecular formula is C22H23NO5. The number of allylic oxidation sites excluding steroid dienone is 1. The molecule has 1 heterocycles. The number of carbonyl (C=O) groups is 3. The molecule has 0 saturated heterocycles. The number of benzene rings is 1. The Bertz CT molecular complexity index is 919. The summed E-state index contributed by atoms with van der Waals surface area (Å²) in [5.74, 6) is -1.31. The molecule has 0 N–H and O–H groups in total. The van der Waals surface area contributed by atoms with Gasteiger partial charge in [0, 0.05) is 29.6 Å². The molecule has 0 saturated carbocycles. The molecule has 2 aromatic rings. The van der Waals surface area contributed by atoms with Gasteiger partial charge in [0.2, 0.25) is 5.78 Å². The van der Waals surface area contributed by atoms with Gasteiger partial charge in [0.1, 0.15) is 0 Å². The van der Waals surface area contributed by atoms with Crippen molar-refractivity contribution in [2.24, 2.45) is 0 Å². The Morgan fingerprint density at radius 2 is 1.82 bits per heavy atom. The number of hydrogen-bond donors (Lipinski definition) is 0. The zero-order chi connectivity index (χ0) is 20.7. The maximum Gasteiger partial charge on any atom is 0.337 e. The van der Waals surface area contributed by atoms with Crippen LogP contribution in [0.4, 0.5) is 0 Å². The van der Waals surface area contributed by atoms with Crippen LogP contribution in [0.5, 0.6) is 0 Å². The summed E-state index contributed by atoms with van der Waals surface area (Å²) in [5, 5.41) is 0. The molecule has 2 rings (SSSR count). The van der Waals surface area contributed by atoms with Crippen LogP contribution in [0.3, 0.4) is 0 Å². The molecule has 1 aromatic carbocycles. The van der Waals surface area contributed by atoms with Crippen LogP contribution in [0.25, 0.3) is 6.08 Å². The van der Waals surface area contributed by atoms with Gasteiger partial charge < -0.3 is 14.0 Å². The number of methoxy groups -OCH3 is 1. The van der Waals surface area contributed by atoms with Crippen LogP contribution < -0.4 is 0 Å².